The molecule has 0 amide bonds. The largest absolute Gasteiger partial charge is 0.493 e. The minimum absolute atomic E-state index is 0.306. The molecule has 0 spiro atoms. The van der Waals surface area contributed by atoms with Crippen molar-refractivity contribution in [3.63, 3.8) is 0 Å². The molecule has 0 radical (unpaired) electrons. The molecule has 0 bridgehead atoms. The van der Waals surface area contributed by atoms with Crippen LogP contribution in [0.1, 0.15) is 13.3 Å². The Balaban J connectivity index is 2.39. The minimum atomic E-state index is -0.390. The topological polar surface area (TPSA) is 84.7 Å². The summed E-state index contributed by atoms with van der Waals surface area (Å²) in [5.74, 6) is 1.63. The highest BCUT2D eigenvalue weighted by Crippen LogP contribution is 2.33. The van der Waals surface area contributed by atoms with Crippen molar-refractivity contribution < 1.29 is 23.7 Å². The fraction of sp³-hybridized carbons (Fsp3) is 0.500. The molecule has 1 aromatic heterocycles. The first kappa shape index (κ1) is 21.0. The second-order valence-corrected chi connectivity index (χ2v) is 6.97. The first-order valence-electron chi connectivity index (χ1n) is 8.44. The van der Waals surface area contributed by atoms with Crippen molar-refractivity contribution in [3.05, 3.63) is 18.2 Å². The van der Waals surface area contributed by atoms with Gasteiger partial charge < -0.3 is 23.5 Å². The van der Waals surface area contributed by atoms with Gasteiger partial charge in [-0.3, -0.25) is 4.79 Å². The van der Waals surface area contributed by atoms with Crippen LogP contribution in [0.4, 0.5) is 0 Å². The second kappa shape index (κ2) is 10.2. The molecule has 27 heavy (non-hydrogen) atoms. The summed E-state index contributed by atoms with van der Waals surface area (Å²) in [4.78, 5) is 11.8. The SMILES string of the molecule is COCCCn1c(SC(C)C(=O)OC)nnc1-c1ccc(OC)c(OC)c1. The average molecular weight is 395 g/mol. The molecule has 0 N–H and O–H groups in total. The van der Waals surface area contributed by atoms with E-state index >= 15 is 0 Å². The minimum Gasteiger partial charge on any atom is -0.493 e. The van der Waals surface area contributed by atoms with Crippen molar-refractivity contribution in [1.29, 1.82) is 0 Å². The molecule has 0 saturated carbocycles. The van der Waals surface area contributed by atoms with Crippen molar-refractivity contribution in [2.75, 3.05) is 35.0 Å². The molecule has 0 fully saturated rings. The number of methoxy groups -OCH3 is 4. The van der Waals surface area contributed by atoms with Gasteiger partial charge in [0.1, 0.15) is 5.25 Å². The molecule has 0 saturated heterocycles. The Morgan fingerprint density at radius 1 is 1.15 bits per heavy atom. The van der Waals surface area contributed by atoms with E-state index in [4.69, 9.17) is 18.9 Å². The van der Waals surface area contributed by atoms with Crippen LogP contribution in [-0.2, 0) is 20.8 Å². The number of carbonyl (C=O) groups excluding carboxylic acids is 1. The van der Waals surface area contributed by atoms with Gasteiger partial charge in [0, 0.05) is 25.8 Å². The summed E-state index contributed by atoms with van der Waals surface area (Å²) in [5.41, 5.74) is 0.843. The van der Waals surface area contributed by atoms with Gasteiger partial charge in [0.15, 0.2) is 22.5 Å². The van der Waals surface area contributed by atoms with Gasteiger partial charge in [-0.2, -0.15) is 0 Å². The Bertz CT molecular complexity index is 765. The molecular weight excluding hydrogens is 370 g/mol. The van der Waals surface area contributed by atoms with Crippen molar-refractivity contribution in [2.24, 2.45) is 0 Å². The van der Waals surface area contributed by atoms with E-state index in [9.17, 15) is 4.79 Å². The first-order valence-corrected chi connectivity index (χ1v) is 9.32. The van der Waals surface area contributed by atoms with E-state index in [0.29, 0.717) is 35.6 Å². The zero-order valence-corrected chi connectivity index (χ0v) is 17.0. The third kappa shape index (κ3) is 5.14. The molecule has 1 unspecified atom stereocenters. The Labute approximate surface area is 163 Å². The van der Waals surface area contributed by atoms with Crippen LogP contribution >= 0.6 is 11.8 Å². The fourth-order valence-corrected chi connectivity index (χ4v) is 3.41. The Morgan fingerprint density at radius 3 is 2.52 bits per heavy atom. The first-order chi connectivity index (χ1) is 13.0. The molecule has 8 nitrogen and oxygen atoms in total. The highest BCUT2D eigenvalue weighted by Gasteiger charge is 2.21. The Hall–Kier alpha value is -2.26. The predicted molar refractivity (Wildman–Crippen MR) is 102 cm³/mol. The van der Waals surface area contributed by atoms with E-state index in [0.717, 1.165) is 12.0 Å². The zero-order chi connectivity index (χ0) is 19.8. The number of esters is 1. The highest BCUT2D eigenvalue weighted by molar-refractivity contribution is 8.00. The number of rotatable bonds is 10. The molecule has 9 heteroatoms. The van der Waals surface area contributed by atoms with Gasteiger partial charge in [-0.1, -0.05) is 11.8 Å². The molecule has 0 aliphatic rings. The van der Waals surface area contributed by atoms with Crippen LogP contribution in [0.15, 0.2) is 23.4 Å². The van der Waals surface area contributed by atoms with E-state index in [1.54, 1.807) is 28.3 Å². The monoisotopic (exact) mass is 395 g/mol. The summed E-state index contributed by atoms with van der Waals surface area (Å²) in [5, 5.41) is 8.88. The number of carbonyl (C=O) groups is 1. The molecule has 0 aliphatic heterocycles. The van der Waals surface area contributed by atoms with Crippen LogP contribution in [0.25, 0.3) is 11.4 Å². The summed E-state index contributed by atoms with van der Waals surface area (Å²) in [7, 11) is 6.21. The number of nitrogens with zero attached hydrogens (tertiary/aromatic N) is 3. The fourth-order valence-electron chi connectivity index (χ4n) is 2.51. The predicted octanol–water partition coefficient (Wildman–Crippen LogP) is 2.65. The maximum atomic E-state index is 11.8. The zero-order valence-electron chi connectivity index (χ0n) is 16.2. The number of thioether (sulfide) groups is 1. The highest BCUT2D eigenvalue weighted by atomic mass is 32.2. The lowest BCUT2D eigenvalue weighted by Crippen LogP contribution is -2.16. The van der Waals surface area contributed by atoms with Gasteiger partial charge in [0.05, 0.1) is 21.3 Å². The number of hydrogen-bond donors (Lipinski definition) is 0. The smallest absolute Gasteiger partial charge is 0.318 e. The average Bonchev–Trinajstić information content (AvgIpc) is 3.09. The molecule has 1 heterocycles. The molecular formula is C18H25N3O5S. The van der Waals surface area contributed by atoms with Gasteiger partial charge in [0.2, 0.25) is 0 Å². The van der Waals surface area contributed by atoms with Crippen LogP contribution in [0.5, 0.6) is 11.5 Å². The third-order valence-corrected chi connectivity index (χ3v) is 4.96. The summed E-state index contributed by atoms with van der Waals surface area (Å²) >= 11 is 1.31. The number of benzene rings is 1. The summed E-state index contributed by atoms with van der Waals surface area (Å²) in [6.07, 6.45) is 0.787. The van der Waals surface area contributed by atoms with Gasteiger partial charge in [0.25, 0.3) is 0 Å². The standard InChI is InChI=1S/C18H25N3O5S/c1-12(17(22)26-5)27-18-20-19-16(21(18)9-6-10-23-2)13-7-8-14(24-3)15(11-13)25-4/h7-8,11-12H,6,9-10H2,1-5H3. The van der Waals surface area contributed by atoms with Crippen molar-refractivity contribution in [3.8, 4) is 22.9 Å². The van der Waals surface area contributed by atoms with Crippen LogP contribution < -0.4 is 9.47 Å². The van der Waals surface area contributed by atoms with Crippen LogP contribution in [-0.4, -0.2) is 61.0 Å². The van der Waals surface area contributed by atoms with E-state index in [1.807, 2.05) is 22.8 Å². The van der Waals surface area contributed by atoms with Crippen molar-refractivity contribution >= 4 is 17.7 Å². The van der Waals surface area contributed by atoms with Gasteiger partial charge in [-0.05, 0) is 31.5 Å². The third-order valence-electron chi connectivity index (χ3n) is 3.90. The maximum absolute atomic E-state index is 11.8. The Morgan fingerprint density at radius 2 is 1.89 bits per heavy atom. The van der Waals surface area contributed by atoms with Gasteiger partial charge in [-0.15, -0.1) is 10.2 Å². The van der Waals surface area contributed by atoms with E-state index in [1.165, 1.54) is 18.9 Å². The van der Waals surface area contributed by atoms with Gasteiger partial charge in [-0.25, -0.2) is 0 Å². The van der Waals surface area contributed by atoms with Crippen molar-refractivity contribution in [1.82, 2.24) is 14.8 Å². The lowest BCUT2D eigenvalue weighted by molar-refractivity contribution is -0.139. The molecule has 1 atom stereocenters. The second-order valence-electron chi connectivity index (χ2n) is 5.66. The van der Waals surface area contributed by atoms with Crippen LogP contribution in [0, 0.1) is 0 Å². The normalized spacial score (nSPS) is 11.9. The quantitative estimate of drug-likeness (QED) is 0.345. The lowest BCUT2D eigenvalue weighted by atomic mass is 10.2. The maximum Gasteiger partial charge on any atom is 0.318 e. The Kier molecular flexibility index (Phi) is 7.93. The van der Waals surface area contributed by atoms with E-state index in [2.05, 4.69) is 10.2 Å². The molecule has 2 aromatic rings. The molecule has 148 valence electrons. The summed E-state index contributed by atoms with van der Waals surface area (Å²) in [6.45, 7) is 3.04. The number of ether oxygens (including phenoxy) is 4. The lowest BCUT2D eigenvalue weighted by Gasteiger charge is -2.13. The van der Waals surface area contributed by atoms with E-state index in [-0.39, 0.29) is 5.97 Å². The molecule has 1 aromatic carbocycles. The van der Waals surface area contributed by atoms with E-state index < -0.39 is 5.25 Å². The van der Waals surface area contributed by atoms with Crippen molar-refractivity contribution in [2.45, 2.75) is 30.3 Å². The van der Waals surface area contributed by atoms with Crippen LogP contribution in [0.3, 0.4) is 0 Å². The number of hydrogen-bond acceptors (Lipinski definition) is 8. The molecule has 0 aliphatic carbocycles. The van der Waals surface area contributed by atoms with Gasteiger partial charge >= 0.3 is 5.97 Å². The summed E-state index contributed by atoms with van der Waals surface area (Å²) in [6, 6.07) is 5.58. The summed E-state index contributed by atoms with van der Waals surface area (Å²) < 4.78 is 22.6. The molecule has 2 rings (SSSR count). The number of aromatic nitrogens is 3. The van der Waals surface area contributed by atoms with Crippen LogP contribution in [0.2, 0.25) is 0 Å².